The van der Waals surface area contributed by atoms with Crippen LogP contribution in [0.4, 0.5) is 5.69 Å². The largest absolute Gasteiger partial charge is 0.494 e. The standard InChI is InChI=1S/C23H27ClN2O4/c1-4-29-18-6-8-21-15(10-18)9-16(13-30-21)22(27)26-17-5-7-19(20(24)11-17)23(28)25-12-14(2)3/h5-8,10-11,14,16H,4,9,12-13H2,1-3H3,(H,25,28)(H,26,27). The quantitative estimate of drug-likeness (QED) is 0.686. The first-order valence-corrected chi connectivity index (χ1v) is 10.5. The normalized spacial score (nSPS) is 15.2. The molecule has 0 radical (unpaired) electrons. The summed E-state index contributed by atoms with van der Waals surface area (Å²) in [6, 6.07) is 10.5. The fraction of sp³-hybridized carbons (Fsp3) is 0.391. The van der Waals surface area contributed by atoms with Crippen LogP contribution in [0.15, 0.2) is 36.4 Å². The first kappa shape index (κ1) is 22.0. The van der Waals surface area contributed by atoms with Gasteiger partial charge in [-0.15, -0.1) is 0 Å². The van der Waals surface area contributed by atoms with E-state index in [1.54, 1.807) is 18.2 Å². The zero-order valence-electron chi connectivity index (χ0n) is 17.5. The molecular formula is C23H27ClN2O4. The first-order chi connectivity index (χ1) is 14.4. The van der Waals surface area contributed by atoms with Gasteiger partial charge in [-0.25, -0.2) is 0 Å². The predicted octanol–water partition coefficient (Wildman–Crippen LogP) is 4.31. The minimum absolute atomic E-state index is 0.157. The van der Waals surface area contributed by atoms with E-state index in [1.807, 2.05) is 39.0 Å². The molecule has 30 heavy (non-hydrogen) atoms. The molecule has 2 aromatic rings. The predicted molar refractivity (Wildman–Crippen MR) is 118 cm³/mol. The number of anilines is 1. The lowest BCUT2D eigenvalue weighted by molar-refractivity contribution is -0.121. The molecule has 0 spiro atoms. The summed E-state index contributed by atoms with van der Waals surface area (Å²) in [5, 5.41) is 6.00. The lowest BCUT2D eigenvalue weighted by Gasteiger charge is -2.25. The second-order valence-electron chi connectivity index (χ2n) is 7.70. The number of fused-ring (bicyclic) bond motifs is 1. The van der Waals surface area contributed by atoms with Crippen LogP contribution in [-0.2, 0) is 11.2 Å². The Kier molecular flexibility index (Phi) is 7.21. The average Bonchev–Trinajstić information content (AvgIpc) is 2.71. The topological polar surface area (TPSA) is 76.7 Å². The molecule has 1 aliphatic rings. The van der Waals surface area contributed by atoms with Crippen molar-refractivity contribution in [3.05, 3.63) is 52.5 Å². The van der Waals surface area contributed by atoms with Gasteiger partial charge in [-0.2, -0.15) is 0 Å². The molecule has 1 aliphatic heterocycles. The highest BCUT2D eigenvalue weighted by atomic mass is 35.5. The summed E-state index contributed by atoms with van der Waals surface area (Å²) in [6.07, 6.45) is 0.561. The summed E-state index contributed by atoms with van der Waals surface area (Å²) in [4.78, 5) is 25.0. The van der Waals surface area contributed by atoms with Crippen LogP contribution >= 0.6 is 11.6 Å². The van der Waals surface area contributed by atoms with Crippen LogP contribution in [0.2, 0.25) is 5.02 Å². The number of ether oxygens (including phenoxy) is 2. The van der Waals surface area contributed by atoms with E-state index in [4.69, 9.17) is 21.1 Å². The molecule has 0 fully saturated rings. The van der Waals surface area contributed by atoms with E-state index in [0.717, 1.165) is 17.1 Å². The number of nitrogens with one attached hydrogen (secondary N) is 2. The number of rotatable bonds is 7. The van der Waals surface area contributed by atoms with Crippen molar-refractivity contribution in [1.82, 2.24) is 5.32 Å². The number of benzene rings is 2. The molecule has 160 valence electrons. The van der Waals surface area contributed by atoms with Crippen molar-refractivity contribution in [2.45, 2.75) is 27.2 Å². The van der Waals surface area contributed by atoms with E-state index in [-0.39, 0.29) is 17.7 Å². The van der Waals surface area contributed by atoms with Crippen LogP contribution in [0, 0.1) is 11.8 Å². The van der Waals surface area contributed by atoms with Crippen molar-refractivity contribution < 1.29 is 19.1 Å². The van der Waals surface area contributed by atoms with E-state index in [0.29, 0.717) is 48.4 Å². The summed E-state index contributed by atoms with van der Waals surface area (Å²) in [7, 11) is 0. The number of amides is 2. The smallest absolute Gasteiger partial charge is 0.252 e. The third-order valence-electron chi connectivity index (χ3n) is 4.77. The molecule has 3 rings (SSSR count). The Morgan fingerprint density at radius 2 is 2.03 bits per heavy atom. The van der Waals surface area contributed by atoms with E-state index in [9.17, 15) is 9.59 Å². The van der Waals surface area contributed by atoms with Gasteiger partial charge in [0, 0.05) is 12.2 Å². The van der Waals surface area contributed by atoms with Crippen LogP contribution in [-0.4, -0.2) is 31.6 Å². The molecule has 1 unspecified atom stereocenters. The maximum absolute atomic E-state index is 12.8. The molecule has 0 bridgehead atoms. The zero-order valence-corrected chi connectivity index (χ0v) is 18.2. The molecule has 2 N–H and O–H groups in total. The van der Waals surface area contributed by atoms with Crippen LogP contribution in [0.5, 0.6) is 11.5 Å². The van der Waals surface area contributed by atoms with Gasteiger partial charge in [0.05, 0.1) is 23.1 Å². The Labute approximate surface area is 181 Å². The Morgan fingerprint density at radius 1 is 1.23 bits per heavy atom. The van der Waals surface area contributed by atoms with Crippen molar-refractivity contribution >= 4 is 29.1 Å². The lowest BCUT2D eigenvalue weighted by Crippen LogP contribution is -2.32. The average molecular weight is 431 g/mol. The molecule has 0 saturated carbocycles. The summed E-state index contributed by atoms with van der Waals surface area (Å²) in [6.45, 7) is 7.42. The summed E-state index contributed by atoms with van der Waals surface area (Å²) in [5.74, 6) is 1.17. The third-order valence-corrected chi connectivity index (χ3v) is 5.08. The third kappa shape index (κ3) is 5.45. The Hall–Kier alpha value is -2.73. The van der Waals surface area contributed by atoms with Gasteiger partial charge in [-0.05, 0) is 61.2 Å². The minimum Gasteiger partial charge on any atom is -0.494 e. The fourth-order valence-corrected chi connectivity index (χ4v) is 3.48. The molecular weight excluding hydrogens is 404 g/mol. The number of hydrogen-bond acceptors (Lipinski definition) is 4. The van der Waals surface area contributed by atoms with Gasteiger partial charge in [0.15, 0.2) is 0 Å². The van der Waals surface area contributed by atoms with Crippen molar-refractivity contribution in [1.29, 1.82) is 0 Å². The van der Waals surface area contributed by atoms with E-state index >= 15 is 0 Å². The second kappa shape index (κ2) is 9.85. The molecule has 1 heterocycles. The van der Waals surface area contributed by atoms with Gasteiger partial charge >= 0.3 is 0 Å². The molecule has 7 heteroatoms. The SMILES string of the molecule is CCOc1ccc2c(c1)CC(C(=O)Nc1ccc(C(=O)NCC(C)C)c(Cl)c1)CO2. The maximum Gasteiger partial charge on any atom is 0.252 e. The highest BCUT2D eigenvalue weighted by Crippen LogP contribution is 2.31. The van der Waals surface area contributed by atoms with Gasteiger partial charge in [0.1, 0.15) is 18.1 Å². The number of carbonyl (C=O) groups is 2. The van der Waals surface area contributed by atoms with Crippen LogP contribution in [0.1, 0.15) is 36.7 Å². The number of carbonyl (C=O) groups excluding carboxylic acids is 2. The van der Waals surface area contributed by atoms with E-state index < -0.39 is 0 Å². The number of halogens is 1. The summed E-state index contributed by atoms with van der Waals surface area (Å²) >= 11 is 6.27. The Bertz CT molecular complexity index is 929. The van der Waals surface area contributed by atoms with Crippen molar-refractivity contribution in [2.75, 3.05) is 25.1 Å². The fourth-order valence-electron chi connectivity index (χ4n) is 3.21. The summed E-state index contributed by atoms with van der Waals surface area (Å²) < 4.78 is 11.3. The minimum atomic E-state index is -0.331. The Balaban J connectivity index is 1.64. The summed E-state index contributed by atoms with van der Waals surface area (Å²) in [5.41, 5.74) is 1.87. The van der Waals surface area contributed by atoms with Gasteiger partial charge in [0.2, 0.25) is 5.91 Å². The monoisotopic (exact) mass is 430 g/mol. The molecule has 0 aliphatic carbocycles. The van der Waals surface area contributed by atoms with Crippen LogP contribution in [0.25, 0.3) is 0 Å². The molecule has 0 aromatic heterocycles. The molecule has 1 atom stereocenters. The van der Waals surface area contributed by atoms with Gasteiger partial charge in [0.25, 0.3) is 5.91 Å². The molecule has 2 amide bonds. The van der Waals surface area contributed by atoms with Crippen molar-refractivity contribution in [3.63, 3.8) is 0 Å². The maximum atomic E-state index is 12.8. The first-order valence-electron chi connectivity index (χ1n) is 10.1. The highest BCUT2D eigenvalue weighted by molar-refractivity contribution is 6.34. The lowest BCUT2D eigenvalue weighted by atomic mass is 9.95. The van der Waals surface area contributed by atoms with Crippen LogP contribution in [0.3, 0.4) is 0 Å². The number of hydrogen-bond donors (Lipinski definition) is 2. The second-order valence-corrected chi connectivity index (χ2v) is 8.11. The van der Waals surface area contributed by atoms with Crippen LogP contribution < -0.4 is 20.1 Å². The van der Waals surface area contributed by atoms with Crippen molar-refractivity contribution in [2.24, 2.45) is 11.8 Å². The van der Waals surface area contributed by atoms with Gasteiger partial charge in [-0.3, -0.25) is 9.59 Å². The van der Waals surface area contributed by atoms with E-state index in [1.165, 1.54) is 0 Å². The molecule has 0 saturated heterocycles. The Morgan fingerprint density at radius 3 is 2.73 bits per heavy atom. The molecule has 6 nitrogen and oxygen atoms in total. The zero-order chi connectivity index (χ0) is 21.7. The van der Waals surface area contributed by atoms with Gasteiger partial charge in [-0.1, -0.05) is 25.4 Å². The van der Waals surface area contributed by atoms with E-state index in [2.05, 4.69) is 10.6 Å². The van der Waals surface area contributed by atoms with Crippen molar-refractivity contribution in [3.8, 4) is 11.5 Å². The molecule has 2 aromatic carbocycles. The highest BCUT2D eigenvalue weighted by Gasteiger charge is 2.26. The van der Waals surface area contributed by atoms with Gasteiger partial charge < -0.3 is 20.1 Å².